The van der Waals surface area contributed by atoms with Gasteiger partial charge in [-0.2, -0.15) is 0 Å². The summed E-state index contributed by atoms with van der Waals surface area (Å²) in [5.74, 6) is -2.00. The number of benzene rings is 1. The lowest BCUT2D eigenvalue weighted by atomic mass is 10.2. The molecule has 1 aliphatic rings. The molecule has 16 heavy (non-hydrogen) atoms. The number of anilines is 2. The molecule has 0 unspecified atom stereocenters. The van der Waals surface area contributed by atoms with Crippen LogP contribution in [-0.2, 0) is 9.59 Å². The Morgan fingerprint density at radius 3 is 3.00 bits per heavy atom. The van der Waals surface area contributed by atoms with Crippen molar-refractivity contribution >= 4 is 23.3 Å². The molecule has 0 spiro atoms. The van der Waals surface area contributed by atoms with Crippen molar-refractivity contribution in [3.8, 4) is 0 Å². The lowest BCUT2D eigenvalue weighted by Crippen LogP contribution is -2.41. The zero-order valence-corrected chi connectivity index (χ0v) is 8.24. The fourth-order valence-electron chi connectivity index (χ4n) is 1.68. The van der Waals surface area contributed by atoms with Crippen LogP contribution in [0.3, 0.4) is 0 Å². The van der Waals surface area contributed by atoms with E-state index in [1.54, 1.807) is 0 Å². The van der Waals surface area contributed by atoms with E-state index in [4.69, 9.17) is 5.11 Å². The fourth-order valence-corrected chi connectivity index (χ4v) is 1.68. The van der Waals surface area contributed by atoms with E-state index in [0.717, 1.165) is 0 Å². The molecule has 0 radical (unpaired) electrons. The molecule has 1 aromatic carbocycles. The number of carboxylic acids is 1. The third-order valence-electron chi connectivity index (χ3n) is 2.24. The average molecular weight is 224 g/mol. The van der Waals surface area contributed by atoms with Crippen molar-refractivity contribution in [2.45, 2.75) is 0 Å². The lowest BCUT2D eigenvalue weighted by molar-refractivity contribution is -0.135. The molecule has 0 saturated heterocycles. The zero-order valence-electron chi connectivity index (χ0n) is 8.24. The Kier molecular flexibility index (Phi) is 2.47. The Morgan fingerprint density at radius 1 is 1.56 bits per heavy atom. The second-order valence-corrected chi connectivity index (χ2v) is 3.43. The number of amides is 1. The molecule has 1 aliphatic heterocycles. The monoisotopic (exact) mass is 224 g/mol. The summed E-state index contributed by atoms with van der Waals surface area (Å²) in [7, 11) is 0. The number of carbonyl (C=O) groups excluding carboxylic acids is 1. The van der Waals surface area contributed by atoms with Crippen LogP contribution in [0.15, 0.2) is 18.2 Å². The summed E-state index contributed by atoms with van der Waals surface area (Å²) in [5, 5.41) is 11.2. The Hall–Kier alpha value is -2.11. The van der Waals surface area contributed by atoms with E-state index in [2.05, 4.69) is 5.32 Å². The second kappa shape index (κ2) is 3.80. The molecule has 0 aliphatic carbocycles. The number of rotatable bonds is 2. The van der Waals surface area contributed by atoms with Gasteiger partial charge in [0.2, 0.25) is 5.91 Å². The van der Waals surface area contributed by atoms with E-state index in [1.807, 2.05) is 0 Å². The van der Waals surface area contributed by atoms with Crippen LogP contribution in [-0.4, -0.2) is 30.1 Å². The van der Waals surface area contributed by atoms with Gasteiger partial charge in [0.15, 0.2) is 0 Å². The van der Waals surface area contributed by atoms with Crippen LogP contribution < -0.4 is 10.2 Å². The van der Waals surface area contributed by atoms with Gasteiger partial charge in [0.25, 0.3) is 0 Å². The largest absolute Gasteiger partial charge is 0.480 e. The van der Waals surface area contributed by atoms with E-state index in [0.29, 0.717) is 5.69 Å². The van der Waals surface area contributed by atoms with Crippen LogP contribution in [0.25, 0.3) is 0 Å². The van der Waals surface area contributed by atoms with Crippen LogP contribution >= 0.6 is 0 Å². The number of nitrogens with zero attached hydrogens (tertiary/aromatic N) is 1. The number of fused-ring (bicyclic) bond motifs is 1. The van der Waals surface area contributed by atoms with Crippen molar-refractivity contribution in [2.24, 2.45) is 0 Å². The summed E-state index contributed by atoms with van der Waals surface area (Å²) in [6.07, 6.45) is 0. The highest BCUT2D eigenvalue weighted by Gasteiger charge is 2.26. The van der Waals surface area contributed by atoms with E-state index >= 15 is 0 Å². The molecule has 2 N–H and O–H groups in total. The maximum atomic E-state index is 13.5. The predicted octanol–water partition coefficient (Wildman–Crippen LogP) is 0.669. The van der Waals surface area contributed by atoms with E-state index in [9.17, 15) is 14.0 Å². The first-order valence-corrected chi connectivity index (χ1v) is 4.63. The van der Waals surface area contributed by atoms with Gasteiger partial charge in [0, 0.05) is 0 Å². The molecule has 0 fully saturated rings. The summed E-state index contributed by atoms with van der Waals surface area (Å²) in [6.45, 7) is -0.554. The van der Waals surface area contributed by atoms with E-state index in [1.165, 1.54) is 23.1 Å². The first-order chi connectivity index (χ1) is 7.58. The molecule has 6 heteroatoms. The minimum absolute atomic E-state index is 0.129. The highest BCUT2D eigenvalue weighted by Crippen LogP contribution is 2.31. The first-order valence-electron chi connectivity index (χ1n) is 4.63. The topological polar surface area (TPSA) is 69.6 Å². The molecule has 0 bridgehead atoms. The molecule has 2 rings (SSSR count). The van der Waals surface area contributed by atoms with Gasteiger partial charge in [0.05, 0.1) is 17.9 Å². The summed E-state index contributed by atoms with van der Waals surface area (Å²) in [6, 6.07) is 4.22. The van der Waals surface area contributed by atoms with Crippen molar-refractivity contribution in [1.82, 2.24) is 0 Å². The van der Waals surface area contributed by atoms with Crippen molar-refractivity contribution in [3.63, 3.8) is 0 Å². The second-order valence-electron chi connectivity index (χ2n) is 3.43. The molecule has 0 saturated carbocycles. The fraction of sp³-hybridized carbons (Fsp3) is 0.200. The van der Waals surface area contributed by atoms with Crippen molar-refractivity contribution in [1.29, 1.82) is 0 Å². The Labute approximate surface area is 90.5 Å². The summed E-state index contributed by atoms with van der Waals surface area (Å²) in [4.78, 5) is 23.1. The smallest absolute Gasteiger partial charge is 0.323 e. The number of hydrogen-bond donors (Lipinski definition) is 2. The third kappa shape index (κ3) is 1.81. The first kappa shape index (κ1) is 10.4. The van der Waals surface area contributed by atoms with Crippen LogP contribution in [0.2, 0.25) is 0 Å². The molecule has 84 valence electrons. The molecular weight excluding hydrogens is 215 g/mol. The highest BCUT2D eigenvalue weighted by atomic mass is 19.1. The third-order valence-corrected chi connectivity index (χ3v) is 2.24. The van der Waals surface area contributed by atoms with Gasteiger partial charge < -0.3 is 15.3 Å². The number of halogens is 1. The number of carbonyl (C=O) groups is 2. The SMILES string of the molecule is O=C(O)CN1CC(=O)Nc2cccc(F)c21. The molecule has 1 heterocycles. The average Bonchev–Trinajstić information content (AvgIpc) is 2.15. The predicted molar refractivity (Wildman–Crippen MR) is 54.9 cm³/mol. The van der Waals surface area contributed by atoms with Crippen molar-refractivity contribution in [2.75, 3.05) is 23.3 Å². The summed E-state index contributed by atoms with van der Waals surface area (Å²) in [5.41, 5.74) is 0.432. The number of aliphatic carboxylic acids is 1. The Bertz CT molecular complexity index is 461. The standard InChI is InChI=1S/C10H9FN2O3/c11-6-2-1-3-7-10(6)13(5-9(15)16)4-8(14)12-7/h1-3H,4-5H2,(H,12,14)(H,15,16). The molecule has 0 atom stereocenters. The lowest BCUT2D eigenvalue weighted by Gasteiger charge is -2.29. The molecule has 0 aromatic heterocycles. The van der Waals surface area contributed by atoms with Gasteiger partial charge in [-0.25, -0.2) is 4.39 Å². The van der Waals surface area contributed by atoms with Gasteiger partial charge >= 0.3 is 5.97 Å². The number of para-hydroxylation sites is 1. The van der Waals surface area contributed by atoms with Gasteiger partial charge in [0.1, 0.15) is 12.4 Å². The maximum Gasteiger partial charge on any atom is 0.323 e. The normalized spacial score (nSPS) is 14.3. The number of nitrogens with one attached hydrogen (secondary N) is 1. The number of carboxylic acid groups (broad SMARTS) is 1. The number of hydrogen-bond acceptors (Lipinski definition) is 3. The summed E-state index contributed by atoms with van der Waals surface area (Å²) < 4.78 is 13.5. The van der Waals surface area contributed by atoms with E-state index < -0.39 is 18.3 Å². The molecule has 5 nitrogen and oxygen atoms in total. The highest BCUT2D eigenvalue weighted by molar-refractivity contribution is 6.02. The van der Waals surface area contributed by atoms with Crippen LogP contribution in [0.1, 0.15) is 0 Å². The van der Waals surface area contributed by atoms with Crippen molar-refractivity contribution in [3.05, 3.63) is 24.0 Å². The Morgan fingerprint density at radius 2 is 2.31 bits per heavy atom. The molecule has 1 amide bonds. The van der Waals surface area contributed by atoms with Crippen molar-refractivity contribution < 1.29 is 19.1 Å². The maximum absolute atomic E-state index is 13.5. The quantitative estimate of drug-likeness (QED) is 0.774. The minimum atomic E-state index is -1.11. The van der Waals surface area contributed by atoms with Crippen LogP contribution in [0.5, 0.6) is 0 Å². The Balaban J connectivity index is 2.43. The van der Waals surface area contributed by atoms with Gasteiger partial charge in [-0.15, -0.1) is 0 Å². The van der Waals surface area contributed by atoms with Gasteiger partial charge in [-0.3, -0.25) is 9.59 Å². The molecular formula is C10H9FN2O3. The van der Waals surface area contributed by atoms with Gasteiger partial charge in [-0.1, -0.05) is 6.07 Å². The van der Waals surface area contributed by atoms with Gasteiger partial charge in [-0.05, 0) is 12.1 Å². The van der Waals surface area contributed by atoms with Crippen LogP contribution in [0.4, 0.5) is 15.8 Å². The summed E-state index contributed by atoms with van der Waals surface area (Å²) >= 11 is 0. The van der Waals surface area contributed by atoms with Crippen LogP contribution in [0, 0.1) is 5.82 Å². The molecule has 1 aromatic rings. The zero-order chi connectivity index (χ0) is 11.7. The van der Waals surface area contributed by atoms with E-state index in [-0.39, 0.29) is 18.1 Å². The minimum Gasteiger partial charge on any atom is -0.480 e.